The molecule has 0 spiro atoms. The SMILES string of the molecule is COc1ccc(OC)c(-c2nc(CN(C)Cc3cccc(-n4nc(C)cc4C)c3)c(C)o2)c1. The number of hydrogen-bond donors (Lipinski definition) is 0. The lowest BCUT2D eigenvalue weighted by molar-refractivity contribution is 0.313. The second kappa shape index (κ2) is 9.50. The first-order chi connectivity index (χ1) is 15.9. The number of ether oxygens (including phenoxy) is 2. The van der Waals surface area contributed by atoms with Crippen LogP contribution in [0.1, 0.15) is 28.4 Å². The third-order valence-electron chi connectivity index (χ3n) is 5.57. The molecule has 33 heavy (non-hydrogen) atoms. The summed E-state index contributed by atoms with van der Waals surface area (Å²) in [5, 5.41) is 4.60. The number of aryl methyl sites for hydroxylation is 3. The van der Waals surface area contributed by atoms with E-state index in [9.17, 15) is 0 Å². The smallest absolute Gasteiger partial charge is 0.230 e. The van der Waals surface area contributed by atoms with E-state index in [0.717, 1.165) is 46.4 Å². The number of methoxy groups -OCH3 is 2. The van der Waals surface area contributed by atoms with Crippen LogP contribution in [0.3, 0.4) is 0 Å². The summed E-state index contributed by atoms with van der Waals surface area (Å²) in [5.41, 5.74) is 6.07. The first kappa shape index (κ1) is 22.6. The maximum atomic E-state index is 6.00. The fourth-order valence-electron chi connectivity index (χ4n) is 3.97. The zero-order chi connectivity index (χ0) is 23.5. The van der Waals surface area contributed by atoms with Gasteiger partial charge in [0.1, 0.15) is 17.3 Å². The van der Waals surface area contributed by atoms with Crippen LogP contribution in [-0.2, 0) is 13.1 Å². The summed E-state index contributed by atoms with van der Waals surface area (Å²) in [5.74, 6) is 2.73. The molecule has 4 rings (SSSR count). The predicted octanol–water partition coefficient (Wildman–Crippen LogP) is 5.10. The monoisotopic (exact) mass is 446 g/mol. The van der Waals surface area contributed by atoms with E-state index in [0.29, 0.717) is 18.2 Å². The lowest BCUT2D eigenvalue weighted by Crippen LogP contribution is -2.18. The second-order valence-electron chi connectivity index (χ2n) is 8.27. The van der Waals surface area contributed by atoms with Crippen LogP contribution in [0, 0.1) is 20.8 Å². The van der Waals surface area contributed by atoms with E-state index in [1.165, 1.54) is 5.56 Å². The van der Waals surface area contributed by atoms with Crippen LogP contribution in [0.25, 0.3) is 17.1 Å². The molecular weight excluding hydrogens is 416 g/mol. The average Bonchev–Trinajstić information content (AvgIpc) is 3.34. The highest BCUT2D eigenvalue weighted by Crippen LogP contribution is 2.34. The van der Waals surface area contributed by atoms with Gasteiger partial charge in [0.2, 0.25) is 5.89 Å². The molecule has 0 bridgehead atoms. The largest absolute Gasteiger partial charge is 0.497 e. The number of rotatable bonds is 8. The van der Waals surface area contributed by atoms with Crippen molar-refractivity contribution in [1.29, 1.82) is 0 Å². The van der Waals surface area contributed by atoms with Gasteiger partial charge in [-0.3, -0.25) is 4.90 Å². The van der Waals surface area contributed by atoms with Crippen LogP contribution in [0.2, 0.25) is 0 Å². The van der Waals surface area contributed by atoms with Crippen molar-refractivity contribution in [1.82, 2.24) is 19.7 Å². The van der Waals surface area contributed by atoms with E-state index < -0.39 is 0 Å². The molecule has 0 unspecified atom stereocenters. The Bertz CT molecular complexity index is 1260. The van der Waals surface area contributed by atoms with Gasteiger partial charge in [-0.1, -0.05) is 12.1 Å². The minimum Gasteiger partial charge on any atom is -0.497 e. The van der Waals surface area contributed by atoms with Crippen LogP contribution in [0.15, 0.2) is 52.9 Å². The quantitative estimate of drug-likeness (QED) is 0.375. The van der Waals surface area contributed by atoms with Gasteiger partial charge in [-0.25, -0.2) is 9.67 Å². The van der Waals surface area contributed by atoms with Gasteiger partial charge in [0.25, 0.3) is 0 Å². The molecule has 0 aliphatic carbocycles. The van der Waals surface area contributed by atoms with Gasteiger partial charge >= 0.3 is 0 Å². The van der Waals surface area contributed by atoms with E-state index in [1.54, 1.807) is 14.2 Å². The Morgan fingerprint density at radius 2 is 1.79 bits per heavy atom. The van der Waals surface area contributed by atoms with Gasteiger partial charge in [-0.05, 0) is 69.8 Å². The molecule has 0 N–H and O–H groups in total. The van der Waals surface area contributed by atoms with Crippen molar-refractivity contribution < 1.29 is 13.9 Å². The standard InChI is InChI=1S/C26H30N4O3/c1-17-12-18(2)30(28-17)21-9-7-8-20(13-21)15-29(4)16-24-19(3)33-26(27-24)23-14-22(31-5)10-11-25(23)32-6/h7-14H,15-16H2,1-6H3. The predicted molar refractivity (Wildman–Crippen MR) is 128 cm³/mol. The highest BCUT2D eigenvalue weighted by atomic mass is 16.5. The van der Waals surface area contributed by atoms with Crippen molar-refractivity contribution >= 4 is 0 Å². The van der Waals surface area contributed by atoms with Gasteiger partial charge in [0, 0.05) is 18.8 Å². The Hall–Kier alpha value is -3.58. The zero-order valence-corrected chi connectivity index (χ0v) is 20.0. The molecule has 0 aliphatic rings. The molecular formula is C26H30N4O3. The molecule has 0 atom stereocenters. The van der Waals surface area contributed by atoms with Gasteiger partial charge < -0.3 is 13.9 Å². The molecule has 0 radical (unpaired) electrons. The lowest BCUT2D eigenvalue weighted by Gasteiger charge is -2.16. The second-order valence-corrected chi connectivity index (χ2v) is 8.27. The molecule has 0 saturated carbocycles. The van der Waals surface area contributed by atoms with Crippen molar-refractivity contribution in [2.45, 2.75) is 33.9 Å². The summed E-state index contributed by atoms with van der Waals surface area (Å²) in [6, 6.07) is 16.1. The number of benzene rings is 2. The van der Waals surface area contributed by atoms with Crippen LogP contribution < -0.4 is 9.47 Å². The first-order valence-corrected chi connectivity index (χ1v) is 10.9. The van der Waals surface area contributed by atoms with E-state index in [4.69, 9.17) is 18.9 Å². The Morgan fingerprint density at radius 3 is 2.48 bits per heavy atom. The highest BCUT2D eigenvalue weighted by molar-refractivity contribution is 5.65. The summed E-state index contributed by atoms with van der Waals surface area (Å²) in [6.07, 6.45) is 0. The van der Waals surface area contributed by atoms with Gasteiger partial charge in [-0.15, -0.1) is 0 Å². The summed E-state index contributed by atoms with van der Waals surface area (Å²) in [7, 11) is 5.35. The topological polar surface area (TPSA) is 65.6 Å². The molecule has 0 fully saturated rings. The van der Waals surface area contributed by atoms with E-state index in [1.807, 2.05) is 36.7 Å². The zero-order valence-electron chi connectivity index (χ0n) is 20.0. The van der Waals surface area contributed by atoms with E-state index >= 15 is 0 Å². The Morgan fingerprint density at radius 1 is 0.970 bits per heavy atom. The summed E-state index contributed by atoms with van der Waals surface area (Å²) >= 11 is 0. The molecule has 2 heterocycles. The summed E-state index contributed by atoms with van der Waals surface area (Å²) in [4.78, 5) is 6.99. The molecule has 2 aromatic carbocycles. The maximum absolute atomic E-state index is 6.00. The fourth-order valence-corrected chi connectivity index (χ4v) is 3.97. The van der Waals surface area contributed by atoms with Crippen LogP contribution in [-0.4, -0.2) is 40.9 Å². The molecule has 172 valence electrons. The molecule has 7 nitrogen and oxygen atoms in total. The summed E-state index contributed by atoms with van der Waals surface area (Å²) in [6.45, 7) is 7.45. The van der Waals surface area contributed by atoms with Crippen molar-refractivity contribution in [2.24, 2.45) is 0 Å². The Kier molecular flexibility index (Phi) is 6.51. The lowest BCUT2D eigenvalue weighted by atomic mass is 10.2. The van der Waals surface area contributed by atoms with Crippen LogP contribution in [0.4, 0.5) is 0 Å². The molecule has 2 aromatic heterocycles. The van der Waals surface area contributed by atoms with Crippen molar-refractivity contribution in [3.8, 4) is 28.6 Å². The van der Waals surface area contributed by atoms with E-state index in [2.05, 4.69) is 54.3 Å². The number of hydrogen-bond acceptors (Lipinski definition) is 6. The number of oxazole rings is 1. The molecule has 7 heteroatoms. The minimum atomic E-state index is 0.526. The third-order valence-corrected chi connectivity index (χ3v) is 5.57. The molecule has 0 saturated heterocycles. The highest BCUT2D eigenvalue weighted by Gasteiger charge is 2.17. The average molecular weight is 447 g/mol. The normalized spacial score (nSPS) is 11.2. The van der Waals surface area contributed by atoms with Crippen molar-refractivity contribution in [3.63, 3.8) is 0 Å². The maximum Gasteiger partial charge on any atom is 0.230 e. The Balaban J connectivity index is 1.51. The minimum absolute atomic E-state index is 0.526. The molecule has 0 amide bonds. The van der Waals surface area contributed by atoms with Crippen molar-refractivity contribution in [2.75, 3.05) is 21.3 Å². The Labute approximate surface area is 194 Å². The van der Waals surface area contributed by atoms with Gasteiger partial charge in [0.15, 0.2) is 0 Å². The fraction of sp³-hybridized carbons (Fsp3) is 0.308. The van der Waals surface area contributed by atoms with Crippen molar-refractivity contribution in [3.05, 3.63) is 76.9 Å². The van der Waals surface area contributed by atoms with Gasteiger partial charge in [-0.2, -0.15) is 5.10 Å². The first-order valence-electron chi connectivity index (χ1n) is 10.9. The number of nitrogens with zero attached hydrogens (tertiary/aromatic N) is 4. The van der Waals surface area contributed by atoms with Crippen LogP contribution >= 0.6 is 0 Å². The van der Waals surface area contributed by atoms with E-state index in [-0.39, 0.29) is 0 Å². The van der Waals surface area contributed by atoms with Crippen LogP contribution in [0.5, 0.6) is 11.5 Å². The van der Waals surface area contributed by atoms with Gasteiger partial charge in [0.05, 0.1) is 36.9 Å². The molecule has 4 aromatic rings. The summed E-state index contributed by atoms with van der Waals surface area (Å²) < 4.78 is 18.8. The third kappa shape index (κ3) is 4.93. The molecule has 0 aliphatic heterocycles. The number of aromatic nitrogens is 3.